The van der Waals surface area contributed by atoms with E-state index in [1.165, 1.54) is 50.1 Å². The molecule has 1 aromatic carbocycles. The van der Waals surface area contributed by atoms with Gasteiger partial charge in [-0.25, -0.2) is 4.98 Å². The Morgan fingerprint density at radius 2 is 1.74 bits per heavy atom. The fourth-order valence-corrected chi connectivity index (χ4v) is 4.84. The van der Waals surface area contributed by atoms with Crippen molar-refractivity contribution in [3.8, 4) is 0 Å². The molecule has 1 saturated heterocycles. The van der Waals surface area contributed by atoms with Crippen LogP contribution in [-0.2, 0) is 11.2 Å². The molecule has 0 saturated carbocycles. The Balaban J connectivity index is 1.41. The molecular weight excluding hydrogens is 428 g/mol. The van der Waals surface area contributed by atoms with Gasteiger partial charge in [0, 0.05) is 55.6 Å². The summed E-state index contributed by atoms with van der Waals surface area (Å²) >= 11 is 7.42. The fourth-order valence-electron chi connectivity index (χ4n) is 3.98. The number of hydrogen-bond acceptors (Lipinski definition) is 5. The monoisotopic (exact) mass is 462 g/mol. The topological polar surface area (TPSA) is 49.3 Å². The number of hydrogen-bond donors (Lipinski definition) is 0. The third-order valence-electron chi connectivity index (χ3n) is 5.85. The molecule has 31 heavy (non-hydrogen) atoms. The van der Waals surface area contributed by atoms with Crippen LogP contribution >= 0.6 is 23.1 Å². The molecule has 1 aromatic heterocycles. The smallest absolute Gasteiger partial charge is 0.222 e. The van der Waals surface area contributed by atoms with Gasteiger partial charge in [0.15, 0.2) is 0 Å². The molecule has 0 atom stereocenters. The van der Waals surface area contributed by atoms with Crippen molar-refractivity contribution in [3.05, 3.63) is 40.7 Å². The van der Waals surface area contributed by atoms with Gasteiger partial charge in [-0.05, 0) is 30.5 Å². The molecule has 0 spiro atoms. The number of benzene rings is 1. The van der Waals surface area contributed by atoms with Crippen LogP contribution < -0.4 is 4.90 Å². The van der Waals surface area contributed by atoms with Gasteiger partial charge in [0.1, 0.15) is 5.82 Å². The van der Waals surface area contributed by atoms with Crippen molar-refractivity contribution >= 4 is 34.2 Å². The summed E-state index contributed by atoms with van der Waals surface area (Å²) in [6.45, 7) is 5.63. The van der Waals surface area contributed by atoms with Crippen LogP contribution in [0.15, 0.2) is 24.3 Å². The predicted molar refractivity (Wildman–Crippen MR) is 130 cm³/mol. The molecule has 170 valence electrons. The summed E-state index contributed by atoms with van der Waals surface area (Å²) in [4.78, 5) is 21.7. The standard InChI is InChI=1S/C24H35ClN4OS/c1-2-3-4-5-6-7-8-10-23(30)28-15-9-16-29(18-17-28)24-26-22(27-31-24)19-20-11-13-21(25)14-12-20/h11-14H,2-10,15-19H2,1H3. The normalized spacial score (nSPS) is 14.6. The highest BCUT2D eigenvalue weighted by molar-refractivity contribution is 7.09. The molecule has 1 aliphatic rings. The second-order valence-electron chi connectivity index (χ2n) is 8.39. The molecule has 0 N–H and O–H groups in total. The Kier molecular flexibility index (Phi) is 10.1. The van der Waals surface area contributed by atoms with Crippen LogP contribution in [0, 0.1) is 0 Å². The van der Waals surface area contributed by atoms with Gasteiger partial charge in [0.25, 0.3) is 0 Å². The lowest BCUT2D eigenvalue weighted by molar-refractivity contribution is -0.131. The summed E-state index contributed by atoms with van der Waals surface area (Å²) < 4.78 is 4.55. The second-order valence-corrected chi connectivity index (χ2v) is 9.56. The third-order valence-corrected chi connectivity index (χ3v) is 6.91. The maximum atomic E-state index is 12.6. The number of aromatic nitrogens is 2. The van der Waals surface area contributed by atoms with Gasteiger partial charge in [-0.15, -0.1) is 0 Å². The van der Waals surface area contributed by atoms with Crippen LogP contribution in [0.1, 0.15) is 76.1 Å². The Morgan fingerprint density at radius 3 is 2.52 bits per heavy atom. The van der Waals surface area contributed by atoms with E-state index in [0.717, 1.165) is 60.6 Å². The largest absolute Gasteiger partial charge is 0.345 e. The van der Waals surface area contributed by atoms with Gasteiger partial charge >= 0.3 is 0 Å². The number of halogens is 1. The molecule has 5 nitrogen and oxygen atoms in total. The van der Waals surface area contributed by atoms with Gasteiger partial charge < -0.3 is 9.80 Å². The first-order chi connectivity index (χ1) is 15.2. The number of amides is 1. The van der Waals surface area contributed by atoms with Gasteiger partial charge in [-0.2, -0.15) is 4.37 Å². The molecule has 1 amide bonds. The van der Waals surface area contributed by atoms with Crippen LogP contribution in [0.5, 0.6) is 0 Å². The molecule has 0 unspecified atom stereocenters. The quantitative estimate of drug-likeness (QED) is 0.386. The lowest BCUT2D eigenvalue weighted by Crippen LogP contribution is -2.35. The molecule has 0 radical (unpaired) electrons. The van der Waals surface area contributed by atoms with E-state index in [4.69, 9.17) is 16.6 Å². The highest BCUT2D eigenvalue weighted by Gasteiger charge is 2.21. The van der Waals surface area contributed by atoms with Gasteiger partial charge in [0.2, 0.25) is 11.0 Å². The van der Waals surface area contributed by atoms with E-state index in [2.05, 4.69) is 16.2 Å². The number of nitrogens with zero attached hydrogens (tertiary/aromatic N) is 4. The van der Waals surface area contributed by atoms with Crippen LogP contribution in [0.25, 0.3) is 0 Å². The van der Waals surface area contributed by atoms with Crippen molar-refractivity contribution in [2.75, 3.05) is 31.1 Å². The minimum absolute atomic E-state index is 0.316. The Morgan fingerprint density at radius 1 is 1.00 bits per heavy atom. The highest BCUT2D eigenvalue weighted by Crippen LogP contribution is 2.21. The zero-order chi connectivity index (χ0) is 21.9. The summed E-state index contributed by atoms with van der Waals surface area (Å²) in [5.41, 5.74) is 1.16. The van der Waals surface area contributed by atoms with E-state index in [1.807, 2.05) is 29.2 Å². The Hall–Kier alpha value is -1.66. The summed E-state index contributed by atoms with van der Waals surface area (Å²) in [6, 6.07) is 7.83. The first-order valence-electron chi connectivity index (χ1n) is 11.8. The lowest BCUT2D eigenvalue weighted by atomic mass is 10.1. The number of carbonyl (C=O) groups excluding carboxylic acids is 1. The van der Waals surface area contributed by atoms with Gasteiger partial charge in [-0.3, -0.25) is 4.79 Å². The first-order valence-corrected chi connectivity index (χ1v) is 12.9. The number of rotatable bonds is 11. The van der Waals surface area contributed by atoms with Crippen LogP contribution in [0.3, 0.4) is 0 Å². The number of unbranched alkanes of at least 4 members (excludes halogenated alkanes) is 6. The highest BCUT2D eigenvalue weighted by atomic mass is 35.5. The summed E-state index contributed by atoms with van der Waals surface area (Å²) in [6.07, 6.45) is 11.1. The summed E-state index contributed by atoms with van der Waals surface area (Å²) in [5, 5.41) is 1.71. The van der Waals surface area contributed by atoms with E-state index < -0.39 is 0 Å². The van der Waals surface area contributed by atoms with E-state index in [-0.39, 0.29) is 0 Å². The molecule has 0 bridgehead atoms. The average molecular weight is 463 g/mol. The van der Waals surface area contributed by atoms with Crippen LogP contribution in [0.4, 0.5) is 5.13 Å². The van der Waals surface area contributed by atoms with Crippen molar-refractivity contribution in [2.45, 2.75) is 71.1 Å². The molecular formula is C24H35ClN4OS. The zero-order valence-electron chi connectivity index (χ0n) is 18.7. The molecule has 0 aliphatic carbocycles. The first kappa shape index (κ1) is 24.0. The fraction of sp³-hybridized carbons (Fsp3) is 0.625. The average Bonchev–Trinajstić information content (AvgIpc) is 3.09. The van der Waals surface area contributed by atoms with E-state index in [0.29, 0.717) is 18.7 Å². The maximum absolute atomic E-state index is 12.6. The van der Waals surface area contributed by atoms with E-state index in [1.54, 1.807) is 0 Å². The molecule has 1 aliphatic heterocycles. The van der Waals surface area contributed by atoms with Gasteiger partial charge in [0.05, 0.1) is 0 Å². The maximum Gasteiger partial charge on any atom is 0.222 e. The summed E-state index contributed by atoms with van der Waals surface area (Å²) in [7, 11) is 0. The Bertz CT molecular complexity index is 795. The molecule has 1 fully saturated rings. The van der Waals surface area contributed by atoms with Crippen LogP contribution in [0.2, 0.25) is 5.02 Å². The van der Waals surface area contributed by atoms with Crippen molar-refractivity contribution in [1.82, 2.24) is 14.3 Å². The lowest BCUT2D eigenvalue weighted by Gasteiger charge is -2.21. The van der Waals surface area contributed by atoms with E-state index in [9.17, 15) is 4.79 Å². The SMILES string of the molecule is CCCCCCCCCC(=O)N1CCCN(c2nc(Cc3ccc(Cl)cc3)ns2)CC1. The van der Waals surface area contributed by atoms with Crippen LogP contribution in [-0.4, -0.2) is 46.3 Å². The van der Waals surface area contributed by atoms with Crippen molar-refractivity contribution in [3.63, 3.8) is 0 Å². The van der Waals surface area contributed by atoms with Crippen molar-refractivity contribution in [2.24, 2.45) is 0 Å². The van der Waals surface area contributed by atoms with Crippen molar-refractivity contribution in [1.29, 1.82) is 0 Å². The number of carbonyl (C=O) groups is 1. The minimum Gasteiger partial charge on any atom is -0.345 e. The third kappa shape index (κ3) is 8.08. The van der Waals surface area contributed by atoms with Crippen molar-refractivity contribution < 1.29 is 4.79 Å². The van der Waals surface area contributed by atoms with E-state index >= 15 is 0 Å². The molecule has 3 rings (SSSR count). The summed E-state index contributed by atoms with van der Waals surface area (Å²) in [5.74, 6) is 1.16. The zero-order valence-corrected chi connectivity index (χ0v) is 20.3. The molecule has 7 heteroatoms. The van der Waals surface area contributed by atoms with Gasteiger partial charge in [-0.1, -0.05) is 69.2 Å². The predicted octanol–water partition coefficient (Wildman–Crippen LogP) is 5.96. The molecule has 2 heterocycles. The molecule has 2 aromatic rings. The minimum atomic E-state index is 0.316. The Labute approximate surface area is 196 Å². The number of anilines is 1. The second kappa shape index (κ2) is 13.0.